The molecular formula is C31H44ClN5O5. The van der Waals surface area contributed by atoms with Crippen molar-refractivity contribution < 1.29 is 23.9 Å². The van der Waals surface area contributed by atoms with E-state index in [4.69, 9.17) is 16.3 Å². The first-order valence-corrected chi connectivity index (χ1v) is 15.7. The average Bonchev–Trinajstić information content (AvgIpc) is 2.95. The topological polar surface area (TPSA) is 102 Å². The van der Waals surface area contributed by atoms with E-state index in [1.54, 1.807) is 18.2 Å². The monoisotopic (exact) mass is 601 g/mol. The average molecular weight is 602 g/mol. The number of carbonyl (C=O) groups is 4. The molecule has 0 bridgehead atoms. The first-order valence-electron chi connectivity index (χ1n) is 15.3. The van der Waals surface area contributed by atoms with Gasteiger partial charge in [0.05, 0.1) is 10.7 Å². The maximum Gasteiger partial charge on any atom is 0.410 e. The Morgan fingerprint density at radius 3 is 2.24 bits per heavy atom. The molecule has 1 aromatic rings. The summed E-state index contributed by atoms with van der Waals surface area (Å²) in [7, 11) is 0. The zero-order chi connectivity index (χ0) is 30.1. The number of hydrogen-bond donors (Lipinski definition) is 1. The van der Waals surface area contributed by atoms with Crippen LogP contribution in [0.5, 0.6) is 0 Å². The number of rotatable bonds is 4. The fourth-order valence-corrected chi connectivity index (χ4v) is 7.01. The highest BCUT2D eigenvalue weighted by Crippen LogP contribution is 2.46. The largest absolute Gasteiger partial charge is 0.444 e. The van der Waals surface area contributed by atoms with Gasteiger partial charge in [0, 0.05) is 64.3 Å². The van der Waals surface area contributed by atoms with Gasteiger partial charge in [-0.1, -0.05) is 11.6 Å². The molecule has 0 atom stereocenters. The van der Waals surface area contributed by atoms with E-state index in [0.29, 0.717) is 27.6 Å². The number of nitrogens with one attached hydrogen (secondary N) is 1. The molecule has 10 nitrogen and oxygen atoms in total. The summed E-state index contributed by atoms with van der Waals surface area (Å²) in [5.41, 5.74) is 0.799. The molecule has 42 heavy (non-hydrogen) atoms. The number of ether oxygens (including phenoxy) is 1. The van der Waals surface area contributed by atoms with E-state index in [2.05, 4.69) is 10.2 Å². The highest BCUT2D eigenvalue weighted by molar-refractivity contribution is 6.34. The van der Waals surface area contributed by atoms with Crippen molar-refractivity contribution in [2.24, 2.45) is 11.3 Å². The van der Waals surface area contributed by atoms with Gasteiger partial charge in [-0.25, -0.2) is 9.59 Å². The van der Waals surface area contributed by atoms with Gasteiger partial charge in [-0.05, 0) is 88.8 Å². The summed E-state index contributed by atoms with van der Waals surface area (Å²) in [4.78, 5) is 57.4. The van der Waals surface area contributed by atoms with Gasteiger partial charge in [-0.2, -0.15) is 0 Å². The van der Waals surface area contributed by atoms with Crippen LogP contribution in [0.1, 0.15) is 76.1 Å². The summed E-state index contributed by atoms with van der Waals surface area (Å²) in [6.45, 7) is 11.7. The van der Waals surface area contributed by atoms with Crippen molar-refractivity contribution >= 4 is 41.2 Å². The van der Waals surface area contributed by atoms with Crippen molar-refractivity contribution in [2.45, 2.75) is 71.3 Å². The minimum absolute atomic E-state index is 0.0459. The molecular weight excluding hydrogens is 558 g/mol. The van der Waals surface area contributed by atoms with Crippen LogP contribution in [0.15, 0.2) is 18.2 Å². The van der Waals surface area contributed by atoms with E-state index in [1.807, 2.05) is 30.6 Å². The molecule has 1 aliphatic carbocycles. The molecule has 4 aliphatic rings. The van der Waals surface area contributed by atoms with Crippen LogP contribution in [0.25, 0.3) is 0 Å². The molecule has 3 heterocycles. The van der Waals surface area contributed by atoms with Crippen LogP contribution in [0, 0.1) is 11.3 Å². The van der Waals surface area contributed by atoms with Crippen molar-refractivity contribution in [1.82, 2.24) is 20.0 Å². The number of likely N-dealkylation sites (tertiary alicyclic amines) is 1. The van der Waals surface area contributed by atoms with Crippen LogP contribution < -0.4 is 10.2 Å². The molecule has 230 valence electrons. The van der Waals surface area contributed by atoms with Crippen LogP contribution in [0.2, 0.25) is 5.02 Å². The SMILES string of the molecule is CC(C)(C)OC(=O)N1CCN(CC2CCC3(CC2)CCN(C(=O)c2ccc(Cl)c(N4CCC(=O)NC4=O)c2)CC3)CC1. The molecule has 1 saturated carbocycles. The number of hydrogen-bond acceptors (Lipinski definition) is 6. The maximum atomic E-state index is 13.4. The normalized spacial score (nSPS) is 22.3. The standard InChI is InChI=1S/C31H44ClN5O5/c1-30(2,3)42-29(41)36-18-16-34(17-19-36)21-22-6-9-31(10-7-22)11-14-35(15-12-31)27(39)23-4-5-24(32)25(20-23)37-13-8-26(38)33-28(37)40/h4-5,20,22H,6-19,21H2,1-3H3,(H,33,38,40). The van der Waals surface area contributed by atoms with Gasteiger partial charge in [0.2, 0.25) is 5.91 Å². The second-order valence-corrected chi connectivity index (χ2v) is 13.8. The Labute approximate surface area is 253 Å². The number of anilines is 1. The van der Waals surface area contributed by atoms with Gasteiger partial charge in [0.1, 0.15) is 5.60 Å². The van der Waals surface area contributed by atoms with Gasteiger partial charge in [0.25, 0.3) is 5.91 Å². The maximum absolute atomic E-state index is 13.4. The number of imide groups is 1. The van der Waals surface area contributed by atoms with Crippen molar-refractivity contribution in [3.63, 3.8) is 0 Å². The lowest BCUT2D eigenvalue weighted by Gasteiger charge is -2.47. The number of piperazine rings is 1. The summed E-state index contributed by atoms with van der Waals surface area (Å²) in [5, 5.41) is 2.68. The van der Waals surface area contributed by atoms with E-state index in [9.17, 15) is 19.2 Å². The zero-order valence-corrected chi connectivity index (χ0v) is 25.9. The summed E-state index contributed by atoms with van der Waals surface area (Å²) in [6.07, 6.45) is 6.82. The quantitative estimate of drug-likeness (QED) is 0.534. The zero-order valence-electron chi connectivity index (χ0n) is 25.1. The second-order valence-electron chi connectivity index (χ2n) is 13.4. The molecule has 0 radical (unpaired) electrons. The molecule has 1 aromatic carbocycles. The highest BCUT2D eigenvalue weighted by Gasteiger charge is 2.40. The first kappa shape index (κ1) is 30.6. The molecule has 1 N–H and O–H groups in total. The number of nitrogens with zero attached hydrogens (tertiary/aromatic N) is 4. The number of urea groups is 1. The van der Waals surface area contributed by atoms with Crippen LogP contribution in [0.4, 0.5) is 15.3 Å². The molecule has 4 fully saturated rings. The van der Waals surface area contributed by atoms with Crippen molar-refractivity contribution in [2.75, 3.05) is 57.3 Å². The molecule has 3 aliphatic heterocycles. The summed E-state index contributed by atoms with van der Waals surface area (Å²) < 4.78 is 5.53. The Balaban J connectivity index is 1.08. The van der Waals surface area contributed by atoms with Gasteiger partial charge >= 0.3 is 12.1 Å². The van der Waals surface area contributed by atoms with Crippen LogP contribution in [0.3, 0.4) is 0 Å². The van der Waals surface area contributed by atoms with Crippen molar-refractivity contribution in [1.29, 1.82) is 0 Å². The highest BCUT2D eigenvalue weighted by atomic mass is 35.5. The predicted molar refractivity (Wildman–Crippen MR) is 161 cm³/mol. The van der Waals surface area contributed by atoms with E-state index >= 15 is 0 Å². The van der Waals surface area contributed by atoms with Gasteiger partial charge in [-0.3, -0.25) is 24.7 Å². The molecule has 1 spiro atoms. The van der Waals surface area contributed by atoms with Crippen LogP contribution >= 0.6 is 11.6 Å². The fraction of sp³-hybridized carbons (Fsp3) is 0.677. The lowest BCUT2D eigenvalue weighted by atomic mass is 9.65. The molecule has 0 aromatic heterocycles. The Morgan fingerprint density at radius 1 is 0.952 bits per heavy atom. The Morgan fingerprint density at radius 2 is 1.62 bits per heavy atom. The molecule has 0 unspecified atom stereocenters. The lowest BCUT2D eigenvalue weighted by Crippen LogP contribution is -2.51. The molecule has 11 heteroatoms. The van der Waals surface area contributed by atoms with Gasteiger partial charge < -0.3 is 14.5 Å². The Bertz CT molecular complexity index is 1190. The summed E-state index contributed by atoms with van der Waals surface area (Å²) >= 11 is 6.38. The molecule has 3 saturated heterocycles. The molecule has 5 amide bonds. The van der Waals surface area contributed by atoms with Crippen LogP contribution in [-0.2, 0) is 9.53 Å². The number of piperidine rings is 1. The van der Waals surface area contributed by atoms with Gasteiger partial charge in [-0.15, -0.1) is 0 Å². The smallest absolute Gasteiger partial charge is 0.410 e. The van der Waals surface area contributed by atoms with E-state index < -0.39 is 11.6 Å². The minimum Gasteiger partial charge on any atom is -0.444 e. The summed E-state index contributed by atoms with van der Waals surface area (Å²) in [6, 6.07) is 4.52. The van der Waals surface area contributed by atoms with Crippen molar-refractivity contribution in [3.8, 4) is 0 Å². The molecule has 5 rings (SSSR count). The first-order chi connectivity index (χ1) is 19.9. The predicted octanol–water partition coefficient (Wildman–Crippen LogP) is 4.75. The van der Waals surface area contributed by atoms with E-state index in [0.717, 1.165) is 58.7 Å². The lowest BCUT2D eigenvalue weighted by molar-refractivity contribution is -0.120. The number of amides is 5. The second kappa shape index (κ2) is 12.4. The van der Waals surface area contributed by atoms with Gasteiger partial charge in [0.15, 0.2) is 0 Å². The third-order valence-corrected chi connectivity index (χ3v) is 9.67. The number of halogens is 1. The van der Waals surface area contributed by atoms with E-state index in [1.165, 1.54) is 30.6 Å². The van der Waals surface area contributed by atoms with E-state index in [-0.39, 0.29) is 30.9 Å². The fourth-order valence-electron chi connectivity index (χ4n) is 6.79. The number of carbonyl (C=O) groups excluding carboxylic acids is 4. The Hall–Kier alpha value is -2.85. The Kier molecular flexibility index (Phi) is 9.04. The third kappa shape index (κ3) is 7.19. The number of benzene rings is 1. The third-order valence-electron chi connectivity index (χ3n) is 9.36. The minimum atomic E-state index is -0.517. The van der Waals surface area contributed by atoms with Crippen molar-refractivity contribution in [3.05, 3.63) is 28.8 Å². The van der Waals surface area contributed by atoms with Crippen LogP contribution in [-0.4, -0.2) is 96.6 Å². The summed E-state index contributed by atoms with van der Waals surface area (Å²) in [5.74, 6) is 0.322.